The van der Waals surface area contributed by atoms with Gasteiger partial charge < -0.3 is 13.3 Å². The predicted molar refractivity (Wildman–Crippen MR) is 69.4 cm³/mol. The fourth-order valence-corrected chi connectivity index (χ4v) is 2.31. The molecule has 0 aliphatic heterocycles. The molecule has 0 saturated heterocycles. The molecular formula is C12H22O3Si. The van der Waals surface area contributed by atoms with E-state index in [2.05, 4.69) is 19.7 Å². The minimum absolute atomic E-state index is 0.403. The molecule has 4 heteroatoms. The van der Waals surface area contributed by atoms with Gasteiger partial charge in [0.15, 0.2) is 0 Å². The second-order valence-corrected chi connectivity index (χ2v) is 4.81. The molecule has 0 rings (SSSR count). The Bertz CT molecular complexity index is 201. The summed E-state index contributed by atoms with van der Waals surface area (Å²) < 4.78 is 16.4. The zero-order chi connectivity index (χ0) is 12.4. The Kier molecular flexibility index (Phi) is 8.11. The van der Waals surface area contributed by atoms with Gasteiger partial charge in [0.2, 0.25) is 0 Å². The fourth-order valence-electron chi connectivity index (χ4n) is 1.06. The lowest BCUT2D eigenvalue weighted by Gasteiger charge is -2.24. The van der Waals surface area contributed by atoms with Crippen LogP contribution < -0.4 is 0 Å². The van der Waals surface area contributed by atoms with E-state index >= 15 is 0 Å². The lowest BCUT2D eigenvalue weighted by atomic mass is 9.90. The zero-order valence-electron chi connectivity index (χ0n) is 10.3. The Morgan fingerprint density at radius 3 is 1.69 bits per heavy atom. The van der Waals surface area contributed by atoms with Crippen molar-refractivity contribution in [2.45, 2.75) is 13.8 Å². The van der Waals surface area contributed by atoms with Gasteiger partial charge in [-0.3, -0.25) is 0 Å². The highest BCUT2D eigenvalue weighted by Crippen LogP contribution is 2.22. The summed E-state index contributed by atoms with van der Waals surface area (Å²) in [5.41, 5.74) is -0.403. The van der Waals surface area contributed by atoms with Crippen molar-refractivity contribution < 1.29 is 13.3 Å². The minimum Gasteiger partial charge on any atom is -0.376 e. The minimum atomic E-state index is -2.02. The van der Waals surface area contributed by atoms with Crippen LogP contribution >= 0.6 is 0 Å². The topological polar surface area (TPSA) is 27.7 Å². The molecule has 0 N–H and O–H groups in total. The van der Waals surface area contributed by atoms with E-state index < -0.39 is 14.9 Å². The quantitative estimate of drug-likeness (QED) is 0.435. The van der Waals surface area contributed by atoms with Crippen molar-refractivity contribution in [1.82, 2.24) is 0 Å². The van der Waals surface area contributed by atoms with Crippen LogP contribution in [-0.2, 0) is 13.3 Å². The van der Waals surface area contributed by atoms with Crippen LogP contribution in [0.15, 0.2) is 38.0 Å². The first-order chi connectivity index (χ1) is 7.67. The highest BCUT2D eigenvalue weighted by molar-refractivity contribution is 6.36. The van der Waals surface area contributed by atoms with Gasteiger partial charge >= 0.3 is 9.53 Å². The van der Waals surface area contributed by atoms with Gasteiger partial charge in [0, 0.05) is 18.6 Å². The smallest absolute Gasteiger partial charge is 0.376 e. The highest BCUT2D eigenvalue weighted by Gasteiger charge is 2.23. The van der Waals surface area contributed by atoms with Crippen LogP contribution in [0.2, 0.25) is 0 Å². The van der Waals surface area contributed by atoms with Crippen molar-refractivity contribution in [3.05, 3.63) is 38.0 Å². The molecule has 0 saturated carbocycles. The van der Waals surface area contributed by atoms with E-state index in [0.717, 1.165) is 0 Å². The van der Waals surface area contributed by atoms with Crippen LogP contribution in [0, 0.1) is 5.41 Å². The van der Waals surface area contributed by atoms with Crippen LogP contribution in [0.4, 0.5) is 0 Å². The Morgan fingerprint density at radius 1 is 0.938 bits per heavy atom. The molecule has 92 valence electrons. The summed E-state index contributed by atoms with van der Waals surface area (Å²) in [6.45, 7) is 16.7. The average molecular weight is 242 g/mol. The van der Waals surface area contributed by atoms with E-state index in [1.54, 1.807) is 18.2 Å². The number of rotatable bonds is 10. The third kappa shape index (κ3) is 4.89. The predicted octanol–water partition coefficient (Wildman–Crippen LogP) is 2.34. The first-order valence-electron chi connectivity index (χ1n) is 5.43. The van der Waals surface area contributed by atoms with Gasteiger partial charge in [0.1, 0.15) is 0 Å². The fraction of sp³-hybridized carbons (Fsp3) is 0.500. The molecule has 0 bridgehead atoms. The molecule has 0 heterocycles. The van der Waals surface area contributed by atoms with E-state index in [1.165, 1.54) is 0 Å². The monoisotopic (exact) mass is 242 g/mol. The maximum absolute atomic E-state index is 5.64. The maximum Gasteiger partial charge on any atom is 0.484 e. The standard InChI is InChI=1S/C12H22O3Si/c1-6-12(7-2,8-3)11-15-16(13-9-4)14-10-5/h6-8,16H,1-3,9-11H2,4-5H3. The van der Waals surface area contributed by atoms with Gasteiger partial charge in [-0.2, -0.15) is 0 Å². The van der Waals surface area contributed by atoms with Crippen molar-refractivity contribution in [1.29, 1.82) is 0 Å². The Labute approximate surface area is 100 Å². The van der Waals surface area contributed by atoms with Gasteiger partial charge in [-0.15, -0.1) is 19.7 Å². The summed E-state index contributed by atoms with van der Waals surface area (Å²) >= 11 is 0. The second kappa shape index (κ2) is 8.47. The molecule has 0 atom stereocenters. The molecule has 0 aromatic rings. The molecule has 0 aliphatic rings. The number of hydrogen-bond donors (Lipinski definition) is 0. The van der Waals surface area contributed by atoms with Crippen molar-refractivity contribution in [2.75, 3.05) is 19.8 Å². The van der Waals surface area contributed by atoms with E-state index in [9.17, 15) is 0 Å². The third-order valence-electron chi connectivity index (χ3n) is 2.22. The SMILES string of the molecule is C=CC(C=C)(C=C)CO[SiH](OCC)OCC. The highest BCUT2D eigenvalue weighted by atomic mass is 28.3. The second-order valence-electron chi connectivity index (χ2n) is 3.24. The van der Waals surface area contributed by atoms with Gasteiger partial charge in [0.25, 0.3) is 0 Å². The summed E-state index contributed by atoms with van der Waals surface area (Å²) in [6.07, 6.45) is 5.28. The first kappa shape index (κ1) is 15.3. The summed E-state index contributed by atoms with van der Waals surface area (Å²) in [6, 6.07) is 0. The summed E-state index contributed by atoms with van der Waals surface area (Å²) in [5, 5.41) is 0. The molecule has 0 aromatic heterocycles. The van der Waals surface area contributed by atoms with Crippen LogP contribution in [0.1, 0.15) is 13.8 Å². The maximum atomic E-state index is 5.64. The number of hydrogen-bond acceptors (Lipinski definition) is 3. The van der Waals surface area contributed by atoms with Crippen LogP contribution in [0.5, 0.6) is 0 Å². The summed E-state index contributed by atoms with van der Waals surface area (Å²) in [7, 11) is -2.02. The summed E-state index contributed by atoms with van der Waals surface area (Å²) in [4.78, 5) is 0. The average Bonchev–Trinajstić information content (AvgIpc) is 2.32. The molecule has 0 spiro atoms. The molecule has 3 nitrogen and oxygen atoms in total. The molecule has 0 aromatic carbocycles. The molecular weight excluding hydrogens is 220 g/mol. The Morgan fingerprint density at radius 2 is 1.38 bits per heavy atom. The van der Waals surface area contributed by atoms with Gasteiger partial charge in [-0.05, 0) is 13.8 Å². The molecule has 0 aliphatic carbocycles. The molecule has 0 amide bonds. The van der Waals surface area contributed by atoms with E-state index in [4.69, 9.17) is 13.3 Å². The van der Waals surface area contributed by atoms with Gasteiger partial charge in [-0.25, -0.2) is 0 Å². The van der Waals surface area contributed by atoms with Crippen LogP contribution in [0.3, 0.4) is 0 Å². The van der Waals surface area contributed by atoms with E-state index in [0.29, 0.717) is 19.8 Å². The molecule has 16 heavy (non-hydrogen) atoms. The Balaban J connectivity index is 4.29. The Hall–Kier alpha value is -0.683. The third-order valence-corrected chi connectivity index (χ3v) is 3.86. The van der Waals surface area contributed by atoms with E-state index in [1.807, 2.05) is 13.8 Å². The van der Waals surface area contributed by atoms with Gasteiger partial charge in [0.05, 0.1) is 6.61 Å². The van der Waals surface area contributed by atoms with Crippen molar-refractivity contribution in [2.24, 2.45) is 5.41 Å². The molecule has 0 fully saturated rings. The zero-order valence-corrected chi connectivity index (χ0v) is 11.4. The molecule has 0 radical (unpaired) electrons. The molecule has 0 unspecified atom stereocenters. The largest absolute Gasteiger partial charge is 0.484 e. The summed E-state index contributed by atoms with van der Waals surface area (Å²) in [5.74, 6) is 0. The normalized spacial score (nSPS) is 11.4. The first-order valence-corrected chi connectivity index (χ1v) is 6.85. The van der Waals surface area contributed by atoms with Crippen molar-refractivity contribution in [3.8, 4) is 0 Å². The van der Waals surface area contributed by atoms with E-state index in [-0.39, 0.29) is 0 Å². The lowest BCUT2D eigenvalue weighted by molar-refractivity contribution is 0.0892. The van der Waals surface area contributed by atoms with Crippen molar-refractivity contribution in [3.63, 3.8) is 0 Å². The van der Waals surface area contributed by atoms with Crippen molar-refractivity contribution >= 4 is 9.53 Å². The van der Waals surface area contributed by atoms with Crippen LogP contribution in [-0.4, -0.2) is 29.3 Å². The van der Waals surface area contributed by atoms with Gasteiger partial charge in [-0.1, -0.05) is 18.2 Å². The lowest BCUT2D eigenvalue weighted by Crippen LogP contribution is -2.32. The van der Waals surface area contributed by atoms with Crippen LogP contribution in [0.25, 0.3) is 0 Å².